The average Bonchev–Trinajstić information content (AvgIpc) is 3.32. The fraction of sp³-hybridized carbons (Fsp3) is 0.600. The maximum Gasteiger partial charge on any atom is 0.326 e. The van der Waals surface area contributed by atoms with E-state index in [1.54, 1.807) is 12.1 Å². The van der Waals surface area contributed by atoms with Crippen LogP contribution in [0.25, 0.3) is 0 Å². The van der Waals surface area contributed by atoms with E-state index in [1.165, 1.54) is 6.07 Å². The van der Waals surface area contributed by atoms with Crippen LogP contribution in [0.1, 0.15) is 43.9 Å². The topological polar surface area (TPSA) is 44.6 Å². The number of aromatic nitrogens is 2. The van der Waals surface area contributed by atoms with Gasteiger partial charge in [-0.3, -0.25) is 14.5 Å². The Morgan fingerprint density at radius 1 is 1.09 bits per heavy atom. The van der Waals surface area contributed by atoms with Crippen LogP contribution < -0.4 is 4.90 Å². The minimum atomic E-state index is -0.226. The minimum absolute atomic E-state index is 0.0391. The molecule has 0 N–H and O–H groups in total. The molecule has 1 aliphatic carbocycles. The highest BCUT2D eigenvalue weighted by molar-refractivity contribution is 7.57. The van der Waals surface area contributed by atoms with Crippen molar-refractivity contribution in [1.82, 2.24) is 19.6 Å². The lowest BCUT2D eigenvalue weighted by Crippen LogP contribution is -2.54. The summed E-state index contributed by atoms with van der Waals surface area (Å²) in [6, 6.07) is 9.17. The Balaban J connectivity index is 1.61. The third-order valence-corrected chi connectivity index (χ3v) is 12.6. The Labute approximate surface area is 206 Å². The monoisotopic (exact) mass is 505 g/mol. The van der Waals surface area contributed by atoms with Crippen LogP contribution in [-0.4, -0.2) is 72.2 Å². The molecule has 2 heterocycles. The number of anilines is 1. The molecule has 1 aliphatic heterocycles. The Morgan fingerprint density at radius 3 is 2.29 bits per heavy atom. The summed E-state index contributed by atoms with van der Waals surface area (Å²) in [6.07, 6.45) is 3.49. The standard InChI is InChI=1S/C25H38FN5OP2/c1-23(33-6,34-7)20-16-21(30(5)27-20)31-17-24(29(4)22(31)32)11-13-25(14-12-24,28(2)3)18-9-8-10-19(26)15-18/h8-10,15-16,33-34H,11-14,17H2,1-7H3/t24-,25+. The van der Waals surface area contributed by atoms with Gasteiger partial charge in [0.25, 0.3) is 0 Å². The van der Waals surface area contributed by atoms with Gasteiger partial charge in [0.1, 0.15) is 11.6 Å². The van der Waals surface area contributed by atoms with Gasteiger partial charge in [0, 0.05) is 30.6 Å². The molecule has 4 rings (SSSR count). The van der Waals surface area contributed by atoms with Crippen molar-refractivity contribution in [2.75, 3.05) is 45.9 Å². The molecule has 34 heavy (non-hydrogen) atoms. The Morgan fingerprint density at radius 2 is 1.74 bits per heavy atom. The zero-order chi connectivity index (χ0) is 24.9. The second-order valence-electron chi connectivity index (χ2n) is 10.2. The molecule has 1 saturated carbocycles. The number of hydrogen-bond donors (Lipinski definition) is 0. The van der Waals surface area contributed by atoms with E-state index in [0.29, 0.717) is 6.54 Å². The molecule has 1 spiro atoms. The molecule has 1 aromatic carbocycles. The van der Waals surface area contributed by atoms with Crippen molar-refractivity contribution in [3.63, 3.8) is 0 Å². The van der Waals surface area contributed by atoms with Gasteiger partial charge >= 0.3 is 6.03 Å². The van der Waals surface area contributed by atoms with Crippen LogP contribution in [0, 0.1) is 5.82 Å². The second kappa shape index (κ2) is 9.15. The van der Waals surface area contributed by atoms with Crippen molar-refractivity contribution in [3.8, 4) is 0 Å². The smallest absolute Gasteiger partial charge is 0.320 e. The molecule has 9 heteroatoms. The van der Waals surface area contributed by atoms with Gasteiger partial charge < -0.3 is 4.90 Å². The highest BCUT2D eigenvalue weighted by Crippen LogP contribution is 2.52. The summed E-state index contributed by atoms with van der Waals surface area (Å²) in [5, 5.41) is 4.83. The van der Waals surface area contributed by atoms with Gasteiger partial charge in [-0.25, -0.2) is 9.18 Å². The van der Waals surface area contributed by atoms with E-state index >= 15 is 0 Å². The summed E-state index contributed by atoms with van der Waals surface area (Å²) in [4.78, 5) is 19.7. The molecule has 2 aromatic rings. The van der Waals surface area contributed by atoms with E-state index in [-0.39, 0.29) is 27.8 Å². The number of urea groups is 1. The summed E-state index contributed by atoms with van der Waals surface area (Å²) in [7, 11) is 9.55. The number of nitrogens with zero attached hydrogens (tertiary/aromatic N) is 5. The van der Waals surface area contributed by atoms with Gasteiger partial charge in [0.05, 0.1) is 17.8 Å². The van der Waals surface area contributed by atoms with Gasteiger partial charge in [-0.15, -0.1) is 17.2 Å². The summed E-state index contributed by atoms with van der Waals surface area (Å²) in [5.41, 5.74) is 1.64. The van der Waals surface area contributed by atoms with E-state index < -0.39 is 0 Å². The van der Waals surface area contributed by atoms with Gasteiger partial charge in [0.2, 0.25) is 0 Å². The number of benzene rings is 1. The van der Waals surface area contributed by atoms with Gasteiger partial charge in [-0.2, -0.15) is 5.10 Å². The number of aryl methyl sites for hydroxylation is 1. The van der Waals surface area contributed by atoms with Crippen LogP contribution in [0.3, 0.4) is 0 Å². The molecule has 2 fully saturated rings. The predicted molar refractivity (Wildman–Crippen MR) is 143 cm³/mol. The first-order chi connectivity index (χ1) is 16.0. The van der Waals surface area contributed by atoms with E-state index in [1.807, 2.05) is 34.6 Å². The molecule has 2 aliphatic rings. The van der Waals surface area contributed by atoms with Crippen LogP contribution in [0.5, 0.6) is 0 Å². The molecule has 186 valence electrons. The number of hydrogen-bond acceptors (Lipinski definition) is 3. The molecule has 2 atom stereocenters. The quantitative estimate of drug-likeness (QED) is 0.520. The maximum atomic E-state index is 14.1. The molecule has 1 aromatic heterocycles. The van der Waals surface area contributed by atoms with Crippen LogP contribution in [-0.2, 0) is 17.5 Å². The average molecular weight is 506 g/mol. The minimum Gasteiger partial charge on any atom is -0.320 e. The van der Waals surface area contributed by atoms with Crippen molar-refractivity contribution in [2.24, 2.45) is 7.05 Å². The van der Waals surface area contributed by atoms with Crippen LogP contribution >= 0.6 is 17.2 Å². The van der Waals surface area contributed by atoms with Crippen LogP contribution in [0.4, 0.5) is 15.0 Å². The normalized spacial score (nSPS) is 27.9. The summed E-state index contributed by atoms with van der Waals surface area (Å²) >= 11 is 0. The van der Waals surface area contributed by atoms with Crippen molar-refractivity contribution >= 4 is 29.0 Å². The number of amides is 2. The van der Waals surface area contributed by atoms with Crippen LogP contribution in [0.2, 0.25) is 0 Å². The number of likely N-dealkylation sites (N-methyl/N-ethyl adjacent to an activating group) is 1. The van der Waals surface area contributed by atoms with Crippen molar-refractivity contribution in [3.05, 3.63) is 47.4 Å². The second-order valence-corrected chi connectivity index (χ2v) is 13.7. The van der Waals surface area contributed by atoms with E-state index in [2.05, 4.69) is 45.3 Å². The summed E-state index contributed by atoms with van der Waals surface area (Å²) < 4.78 is 16.0. The number of halogens is 1. The van der Waals surface area contributed by atoms with E-state index in [4.69, 9.17) is 5.10 Å². The Hall–Kier alpha value is -1.55. The first-order valence-corrected chi connectivity index (χ1v) is 14.9. The zero-order valence-corrected chi connectivity index (χ0v) is 23.4. The Bertz CT molecular complexity index is 1060. The Kier molecular flexibility index (Phi) is 6.87. The SMILES string of the molecule is CPC(C)(PC)c1cc(N2C[C@]3(CC[C@](c4cccc(F)c4)(N(C)C)CC3)N(C)C2=O)n(C)n1. The van der Waals surface area contributed by atoms with Gasteiger partial charge in [0.15, 0.2) is 0 Å². The van der Waals surface area contributed by atoms with E-state index in [9.17, 15) is 9.18 Å². The third-order valence-electron chi connectivity index (χ3n) is 8.55. The molecule has 1 saturated heterocycles. The number of carbonyl (C=O) groups is 1. The predicted octanol–water partition coefficient (Wildman–Crippen LogP) is 4.99. The molecular weight excluding hydrogens is 467 g/mol. The zero-order valence-electron chi connectivity index (χ0n) is 21.4. The largest absolute Gasteiger partial charge is 0.326 e. The highest BCUT2D eigenvalue weighted by Gasteiger charge is 2.54. The first kappa shape index (κ1) is 25.5. The lowest BCUT2D eigenvalue weighted by atomic mass is 9.68. The van der Waals surface area contributed by atoms with E-state index in [0.717, 1.165) is 59.9 Å². The van der Waals surface area contributed by atoms with Gasteiger partial charge in [-0.1, -0.05) is 12.1 Å². The molecule has 0 bridgehead atoms. The lowest BCUT2D eigenvalue weighted by molar-refractivity contribution is 0.0339. The molecular formula is C25H38FN5OP2. The maximum absolute atomic E-state index is 14.1. The number of rotatable bonds is 6. The molecule has 2 amide bonds. The molecule has 6 nitrogen and oxygen atoms in total. The van der Waals surface area contributed by atoms with Crippen molar-refractivity contribution in [1.29, 1.82) is 0 Å². The molecule has 0 radical (unpaired) electrons. The van der Waals surface area contributed by atoms with Gasteiger partial charge in [-0.05, 0) is 77.7 Å². The molecule has 2 unspecified atom stereocenters. The lowest BCUT2D eigenvalue weighted by Gasteiger charge is -2.50. The highest BCUT2D eigenvalue weighted by atomic mass is 31.1. The number of carbonyl (C=O) groups excluding carboxylic acids is 1. The van der Waals surface area contributed by atoms with Crippen molar-refractivity contribution in [2.45, 2.75) is 48.6 Å². The fourth-order valence-electron chi connectivity index (χ4n) is 5.76. The summed E-state index contributed by atoms with van der Waals surface area (Å²) in [5.74, 6) is 0.679. The van der Waals surface area contributed by atoms with Crippen LogP contribution in [0.15, 0.2) is 30.3 Å². The first-order valence-electron chi connectivity index (χ1n) is 11.9. The van der Waals surface area contributed by atoms with Crippen molar-refractivity contribution < 1.29 is 9.18 Å². The third kappa shape index (κ3) is 3.98. The summed E-state index contributed by atoms with van der Waals surface area (Å²) in [6.45, 7) is 7.38. The fourth-order valence-corrected chi connectivity index (χ4v) is 7.52.